The molecular weight excluding hydrogens is 288 g/mol. The number of anilines is 1. The first kappa shape index (κ1) is 17.4. The molecule has 0 unspecified atom stereocenters. The summed E-state index contributed by atoms with van der Waals surface area (Å²) in [5, 5.41) is 7.69. The van der Waals surface area contributed by atoms with E-state index in [0.717, 1.165) is 37.3 Å². The summed E-state index contributed by atoms with van der Waals surface area (Å²) in [6.07, 6.45) is 4.87. The number of rotatable bonds is 8. The van der Waals surface area contributed by atoms with E-state index in [1.807, 2.05) is 19.3 Å². The van der Waals surface area contributed by atoms with Gasteiger partial charge in [0.25, 0.3) is 0 Å². The fourth-order valence-electron chi connectivity index (χ4n) is 2.55. The number of aromatic nitrogens is 4. The number of hydrogen-bond donors (Lipinski definition) is 1. The van der Waals surface area contributed by atoms with Crippen molar-refractivity contribution in [3.63, 3.8) is 0 Å². The zero-order valence-electron chi connectivity index (χ0n) is 14.9. The minimum Gasteiger partial charge on any atom is -0.352 e. The van der Waals surface area contributed by atoms with Gasteiger partial charge < -0.3 is 10.2 Å². The van der Waals surface area contributed by atoms with Crippen LogP contribution in [0.5, 0.6) is 0 Å². The molecule has 0 aliphatic heterocycles. The fraction of sp³-hybridized carbons (Fsp3) is 0.588. The SMILES string of the molecule is Cc1cc(C)n(CCCN(C)Cc2cnc(NC(C)C)nc2)n1. The van der Waals surface area contributed by atoms with Crippen LogP contribution in [-0.2, 0) is 13.1 Å². The predicted octanol–water partition coefficient (Wildman–Crippen LogP) is 2.63. The van der Waals surface area contributed by atoms with Gasteiger partial charge in [0.05, 0.1) is 5.69 Å². The second-order valence-electron chi connectivity index (χ2n) is 6.46. The van der Waals surface area contributed by atoms with Crippen LogP contribution in [0.15, 0.2) is 18.5 Å². The zero-order valence-corrected chi connectivity index (χ0v) is 14.9. The smallest absolute Gasteiger partial charge is 0.222 e. The van der Waals surface area contributed by atoms with Crippen molar-refractivity contribution < 1.29 is 0 Å². The minimum atomic E-state index is 0.345. The molecule has 0 bridgehead atoms. The molecule has 2 aromatic heterocycles. The maximum Gasteiger partial charge on any atom is 0.222 e. The number of aryl methyl sites for hydroxylation is 3. The number of nitrogens with zero attached hydrogens (tertiary/aromatic N) is 5. The van der Waals surface area contributed by atoms with E-state index in [-0.39, 0.29) is 0 Å². The Bertz CT molecular complexity index is 602. The lowest BCUT2D eigenvalue weighted by atomic mass is 10.3. The monoisotopic (exact) mass is 316 g/mol. The van der Waals surface area contributed by atoms with E-state index in [2.05, 4.69) is 63.9 Å². The lowest BCUT2D eigenvalue weighted by Crippen LogP contribution is -2.21. The average molecular weight is 316 g/mol. The topological polar surface area (TPSA) is 58.9 Å². The zero-order chi connectivity index (χ0) is 16.8. The molecule has 0 aliphatic rings. The Labute approximate surface area is 138 Å². The van der Waals surface area contributed by atoms with Gasteiger partial charge in [0.1, 0.15) is 0 Å². The third-order valence-corrected chi connectivity index (χ3v) is 3.59. The molecule has 1 N–H and O–H groups in total. The Morgan fingerprint density at radius 1 is 1.22 bits per heavy atom. The normalized spacial score (nSPS) is 11.4. The van der Waals surface area contributed by atoms with E-state index in [4.69, 9.17) is 0 Å². The molecular formula is C17H28N6. The molecule has 2 heterocycles. The highest BCUT2D eigenvalue weighted by molar-refractivity contribution is 5.25. The molecule has 0 aromatic carbocycles. The largest absolute Gasteiger partial charge is 0.352 e. The van der Waals surface area contributed by atoms with Crippen molar-refractivity contribution in [3.05, 3.63) is 35.4 Å². The molecule has 23 heavy (non-hydrogen) atoms. The Morgan fingerprint density at radius 2 is 1.91 bits per heavy atom. The van der Waals surface area contributed by atoms with Crippen LogP contribution in [0.25, 0.3) is 0 Å². The van der Waals surface area contributed by atoms with E-state index in [1.165, 1.54) is 5.69 Å². The van der Waals surface area contributed by atoms with Gasteiger partial charge in [0, 0.05) is 42.8 Å². The Kier molecular flexibility index (Phi) is 6.10. The van der Waals surface area contributed by atoms with Gasteiger partial charge in [0.15, 0.2) is 0 Å². The summed E-state index contributed by atoms with van der Waals surface area (Å²) in [6, 6.07) is 2.46. The minimum absolute atomic E-state index is 0.345. The first-order valence-electron chi connectivity index (χ1n) is 8.21. The highest BCUT2D eigenvalue weighted by atomic mass is 15.3. The first-order valence-corrected chi connectivity index (χ1v) is 8.21. The van der Waals surface area contributed by atoms with Crippen LogP contribution in [0.2, 0.25) is 0 Å². The molecule has 0 radical (unpaired) electrons. The third-order valence-electron chi connectivity index (χ3n) is 3.59. The molecule has 6 nitrogen and oxygen atoms in total. The van der Waals surface area contributed by atoms with Crippen LogP contribution in [0.3, 0.4) is 0 Å². The van der Waals surface area contributed by atoms with Gasteiger partial charge in [-0.2, -0.15) is 5.10 Å². The predicted molar refractivity (Wildman–Crippen MR) is 93.4 cm³/mol. The van der Waals surface area contributed by atoms with Crippen LogP contribution >= 0.6 is 0 Å². The van der Waals surface area contributed by atoms with Gasteiger partial charge in [-0.25, -0.2) is 9.97 Å². The van der Waals surface area contributed by atoms with Crippen LogP contribution in [0.4, 0.5) is 5.95 Å². The molecule has 0 amide bonds. The van der Waals surface area contributed by atoms with Crippen LogP contribution in [0, 0.1) is 13.8 Å². The first-order chi connectivity index (χ1) is 10.9. The molecule has 126 valence electrons. The summed E-state index contributed by atoms with van der Waals surface area (Å²) < 4.78 is 2.08. The van der Waals surface area contributed by atoms with Crippen molar-refractivity contribution in [3.8, 4) is 0 Å². The lowest BCUT2D eigenvalue weighted by molar-refractivity contribution is 0.310. The van der Waals surface area contributed by atoms with Gasteiger partial charge >= 0.3 is 0 Å². The summed E-state index contributed by atoms with van der Waals surface area (Å²) in [7, 11) is 2.13. The van der Waals surface area contributed by atoms with Crippen molar-refractivity contribution in [2.75, 3.05) is 18.9 Å². The van der Waals surface area contributed by atoms with Gasteiger partial charge in [-0.3, -0.25) is 4.68 Å². The molecule has 0 spiro atoms. The van der Waals surface area contributed by atoms with Crippen LogP contribution in [0.1, 0.15) is 37.2 Å². The summed E-state index contributed by atoms with van der Waals surface area (Å²) in [4.78, 5) is 11.0. The molecule has 0 fully saturated rings. The fourth-order valence-corrected chi connectivity index (χ4v) is 2.55. The van der Waals surface area contributed by atoms with Crippen LogP contribution < -0.4 is 5.32 Å². The molecule has 0 saturated carbocycles. The highest BCUT2D eigenvalue weighted by Crippen LogP contribution is 2.06. The maximum absolute atomic E-state index is 4.50. The highest BCUT2D eigenvalue weighted by Gasteiger charge is 2.05. The number of nitrogens with one attached hydrogen (secondary N) is 1. The van der Waals surface area contributed by atoms with Crippen molar-refractivity contribution in [2.45, 2.75) is 53.2 Å². The maximum atomic E-state index is 4.50. The average Bonchev–Trinajstić information content (AvgIpc) is 2.79. The van der Waals surface area contributed by atoms with Crippen molar-refractivity contribution >= 4 is 5.95 Å². The molecule has 2 aromatic rings. The Hall–Kier alpha value is -1.95. The molecule has 0 aliphatic carbocycles. The molecule has 6 heteroatoms. The van der Waals surface area contributed by atoms with Crippen LogP contribution in [-0.4, -0.2) is 44.3 Å². The van der Waals surface area contributed by atoms with E-state index in [1.54, 1.807) is 0 Å². The van der Waals surface area contributed by atoms with Crippen molar-refractivity contribution in [1.29, 1.82) is 0 Å². The second-order valence-corrected chi connectivity index (χ2v) is 6.46. The van der Waals surface area contributed by atoms with Gasteiger partial charge in [-0.05, 0) is 53.8 Å². The van der Waals surface area contributed by atoms with E-state index in [9.17, 15) is 0 Å². The summed E-state index contributed by atoms with van der Waals surface area (Å²) in [5.74, 6) is 0.691. The van der Waals surface area contributed by atoms with Gasteiger partial charge in [-0.15, -0.1) is 0 Å². The molecule has 0 saturated heterocycles. The lowest BCUT2D eigenvalue weighted by Gasteiger charge is -2.17. The second kappa shape index (κ2) is 8.06. The third kappa shape index (κ3) is 5.63. The number of hydrogen-bond acceptors (Lipinski definition) is 5. The van der Waals surface area contributed by atoms with Gasteiger partial charge in [-0.1, -0.05) is 0 Å². The van der Waals surface area contributed by atoms with Crippen molar-refractivity contribution in [1.82, 2.24) is 24.6 Å². The van der Waals surface area contributed by atoms with Gasteiger partial charge in [0.2, 0.25) is 5.95 Å². The quantitative estimate of drug-likeness (QED) is 0.811. The molecule has 2 rings (SSSR count). The van der Waals surface area contributed by atoms with E-state index >= 15 is 0 Å². The molecule has 0 atom stereocenters. The summed E-state index contributed by atoms with van der Waals surface area (Å²) >= 11 is 0. The summed E-state index contributed by atoms with van der Waals surface area (Å²) in [6.45, 7) is 11.1. The van der Waals surface area contributed by atoms with E-state index < -0.39 is 0 Å². The summed E-state index contributed by atoms with van der Waals surface area (Å²) in [5.41, 5.74) is 3.45. The van der Waals surface area contributed by atoms with E-state index in [0.29, 0.717) is 12.0 Å². The van der Waals surface area contributed by atoms with Crippen molar-refractivity contribution in [2.24, 2.45) is 0 Å². The standard InChI is InChI=1S/C17H28N6/c1-13(2)20-17-18-10-16(11-19-17)12-22(5)7-6-8-23-15(4)9-14(3)21-23/h9-11,13H,6-8,12H2,1-5H3,(H,18,19,20). The Balaban J connectivity index is 1.76. The Morgan fingerprint density at radius 3 is 2.48 bits per heavy atom.